The molecule has 1 heterocycles. The largest absolute Gasteiger partial charge is 0.394 e. The molecule has 0 aliphatic rings. The van der Waals surface area contributed by atoms with Crippen molar-refractivity contribution in [3.05, 3.63) is 11.4 Å². The maximum absolute atomic E-state index is 9.08. The number of likely N-dealkylation sites (N-methyl/N-ethyl adjacent to an activating group) is 1. The maximum Gasteiger partial charge on any atom is 0.245 e. The Kier molecular flexibility index (Phi) is 4.61. The number of aliphatic hydroxyl groups excluding tert-OH is 1. The van der Waals surface area contributed by atoms with Crippen molar-refractivity contribution < 1.29 is 5.11 Å². The molecule has 0 bridgehead atoms. The van der Waals surface area contributed by atoms with Gasteiger partial charge in [-0.25, -0.2) is 4.98 Å². The number of aryl methyl sites for hydroxylation is 2. The molecule has 1 N–H and O–H groups in total. The molecule has 1 aromatic heterocycles. The Bertz CT molecular complexity index is 343. The van der Waals surface area contributed by atoms with Crippen LogP contribution >= 0.6 is 0 Å². The first-order chi connectivity index (χ1) is 7.63. The van der Waals surface area contributed by atoms with Crippen molar-refractivity contribution in [3.8, 4) is 0 Å². The highest BCUT2D eigenvalue weighted by Crippen LogP contribution is 2.11. The van der Waals surface area contributed by atoms with Crippen LogP contribution in [0.15, 0.2) is 0 Å². The van der Waals surface area contributed by atoms with Gasteiger partial charge in [0, 0.05) is 7.05 Å². The minimum absolute atomic E-state index is 0.000942. The molecule has 1 aromatic rings. The Hall–Kier alpha value is -1.23. The van der Waals surface area contributed by atoms with E-state index in [1.54, 1.807) is 0 Å². The van der Waals surface area contributed by atoms with Gasteiger partial charge in [-0.3, -0.25) is 0 Å². The van der Waals surface area contributed by atoms with Crippen LogP contribution in [-0.4, -0.2) is 40.0 Å². The molecular weight excluding hydrogens is 204 g/mol. The van der Waals surface area contributed by atoms with E-state index in [4.69, 9.17) is 5.11 Å². The molecular formula is C11H20N4O. The number of nitrogens with zero attached hydrogens (tertiary/aromatic N) is 4. The van der Waals surface area contributed by atoms with Gasteiger partial charge in [0.25, 0.3) is 0 Å². The molecule has 0 saturated heterocycles. The Balaban J connectivity index is 2.98. The molecule has 5 heteroatoms. The molecule has 0 fully saturated rings. The zero-order valence-corrected chi connectivity index (χ0v) is 10.4. The fourth-order valence-electron chi connectivity index (χ4n) is 1.40. The fraction of sp³-hybridized carbons (Fsp3) is 0.727. The van der Waals surface area contributed by atoms with Crippen LogP contribution in [0, 0.1) is 0 Å². The number of aliphatic hydroxyl groups is 1. The van der Waals surface area contributed by atoms with Crippen molar-refractivity contribution in [1.82, 2.24) is 15.2 Å². The van der Waals surface area contributed by atoms with Gasteiger partial charge in [-0.15, -0.1) is 5.10 Å². The molecule has 5 nitrogen and oxygen atoms in total. The Morgan fingerprint density at radius 2 is 1.81 bits per heavy atom. The van der Waals surface area contributed by atoms with E-state index in [2.05, 4.69) is 22.1 Å². The first-order valence-electron chi connectivity index (χ1n) is 5.70. The van der Waals surface area contributed by atoms with Crippen LogP contribution in [0.4, 0.5) is 5.95 Å². The van der Waals surface area contributed by atoms with Crippen LogP contribution < -0.4 is 4.90 Å². The standard InChI is InChI=1S/C11H20N4O/c1-5-9-10(6-2)13-14-11(12-9)15(4)8(3)7-16/h8,16H,5-7H2,1-4H3. The van der Waals surface area contributed by atoms with Crippen LogP contribution in [0.25, 0.3) is 0 Å². The molecule has 0 amide bonds. The highest BCUT2D eigenvalue weighted by molar-refractivity contribution is 5.30. The zero-order chi connectivity index (χ0) is 12.1. The van der Waals surface area contributed by atoms with E-state index in [0.717, 1.165) is 24.2 Å². The molecule has 90 valence electrons. The summed E-state index contributed by atoms with van der Waals surface area (Å²) < 4.78 is 0. The molecule has 0 radical (unpaired) electrons. The second-order valence-electron chi connectivity index (χ2n) is 3.85. The summed E-state index contributed by atoms with van der Waals surface area (Å²) in [6.07, 6.45) is 1.70. The highest BCUT2D eigenvalue weighted by Gasteiger charge is 2.14. The predicted molar refractivity (Wildman–Crippen MR) is 63.5 cm³/mol. The summed E-state index contributed by atoms with van der Waals surface area (Å²) in [6.45, 7) is 6.10. The zero-order valence-electron chi connectivity index (χ0n) is 10.4. The molecule has 16 heavy (non-hydrogen) atoms. The monoisotopic (exact) mass is 224 g/mol. The van der Waals surface area contributed by atoms with Crippen LogP contribution in [0.3, 0.4) is 0 Å². The van der Waals surface area contributed by atoms with Crippen molar-refractivity contribution in [1.29, 1.82) is 0 Å². The van der Waals surface area contributed by atoms with Crippen molar-refractivity contribution in [2.45, 2.75) is 39.7 Å². The quantitative estimate of drug-likeness (QED) is 0.802. The lowest BCUT2D eigenvalue weighted by atomic mass is 10.2. The van der Waals surface area contributed by atoms with Crippen LogP contribution in [0.1, 0.15) is 32.2 Å². The van der Waals surface area contributed by atoms with Crippen LogP contribution in [0.2, 0.25) is 0 Å². The molecule has 1 rings (SSSR count). The first-order valence-corrected chi connectivity index (χ1v) is 5.70. The average molecular weight is 224 g/mol. The van der Waals surface area contributed by atoms with Crippen molar-refractivity contribution >= 4 is 5.95 Å². The van der Waals surface area contributed by atoms with Crippen molar-refractivity contribution in [2.75, 3.05) is 18.6 Å². The fourth-order valence-corrected chi connectivity index (χ4v) is 1.40. The predicted octanol–water partition coefficient (Wildman–Crippen LogP) is 0.813. The van der Waals surface area contributed by atoms with Gasteiger partial charge in [-0.1, -0.05) is 13.8 Å². The summed E-state index contributed by atoms with van der Waals surface area (Å²) in [7, 11) is 1.86. The number of anilines is 1. The minimum Gasteiger partial charge on any atom is -0.394 e. The lowest BCUT2D eigenvalue weighted by molar-refractivity contribution is 0.269. The van der Waals surface area contributed by atoms with E-state index in [9.17, 15) is 0 Å². The molecule has 0 saturated carbocycles. The lowest BCUT2D eigenvalue weighted by Crippen LogP contribution is -2.33. The van der Waals surface area contributed by atoms with Gasteiger partial charge in [0.1, 0.15) is 0 Å². The Labute approximate surface area is 96.5 Å². The summed E-state index contributed by atoms with van der Waals surface area (Å²) in [5, 5.41) is 17.3. The Morgan fingerprint density at radius 1 is 1.19 bits per heavy atom. The first kappa shape index (κ1) is 12.8. The third-order valence-corrected chi connectivity index (χ3v) is 2.74. The van der Waals surface area contributed by atoms with E-state index in [1.807, 2.05) is 25.8 Å². The average Bonchev–Trinajstić information content (AvgIpc) is 2.35. The molecule has 0 aliphatic heterocycles. The maximum atomic E-state index is 9.08. The van der Waals surface area contributed by atoms with Crippen molar-refractivity contribution in [3.63, 3.8) is 0 Å². The SMILES string of the molecule is CCc1nnc(N(C)C(C)CO)nc1CC. The molecule has 1 unspecified atom stereocenters. The third kappa shape index (κ3) is 2.66. The highest BCUT2D eigenvalue weighted by atomic mass is 16.3. The van der Waals surface area contributed by atoms with E-state index >= 15 is 0 Å². The van der Waals surface area contributed by atoms with E-state index in [0.29, 0.717) is 5.95 Å². The summed E-state index contributed by atoms with van der Waals surface area (Å²) in [5.41, 5.74) is 1.95. The molecule has 0 aliphatic carbocycles. The molecule has 1 atom stereocenters. The van der Waals surface area contributed by atoms with Gasteiger partial charge < -0.3 is 10.0 Å². The summed E-state index contributed by atoms with van der Waals surface area (Å²) in [4.78, 5) is 6.31. The lowest BCUT2D eigenvalue weighted by Gasteiger charge is -2.23. The molecule has 0 spiro atoms. The minimum atomic E-state index is -0.000942. The van der Waals surface area contributed by atoms with E-state index < -0.39 is 0 Å². The topological polar surface area (TPSA) is 62.1 Å². The summed E-state index contributed by atoms with van der Waals surface area (Å²) in [5.74, 6) is 0.579. The third-order valence-electron chi connectivity index (χ3n) is 2.74. The number of hydrogen-bond donors (Lipinski definition) is 1. The van der Waals surface area contributed by atoms with Gasteiger partial charge >= 0.3 is 0 Å². The van der Waals surface area contributed by atoms with Crippen LogP contribution in [-0.2, 0) is 12.8 Å². The number of aromatic nitrogens is 3. The summed E-state index contributed by atoms with van der Waals surface area (Å²) in [6, 6.07) is -0.000942. The summed E-state index contributed by atoms with van der Waals surface area (Å²) >= 11 is 0. The van der Waals surface area contributed by atoms with Gasteiger partial charge in [-0.05, 0) is 19.8 Å². The van der Waals surface area contributed by atoms with Crippen LogP contribution in [0.5, 0.6) is 0 Å². The van der Waals surface area contributed by atoms with E-state index in [1.165, 1.54) is 0 Å². The van der Waals surface area contributed by atoms with Crippen molar-refractivity contribution in [2.24, 2.45) is 0 Å². The Morgan fingerprint density at radius 3 is 2.31 bits per heavy atom. The van der Waals surface area contributed by atoms with Gasteiger partial charge in [0.05, 0.1) is 24.0 Å². The van der Waals surface area contributed by atoms with Gasteiger partial charge in [0.2, 0.25) is 5.95 Å². The van der Waals surface area contributed by atoms with Gasteiger partial charge in [-0.2, -0.15) is 5.10 Å². The second-order valence-corrected chi connectivity index (χ2v) is 3.85. The number of hydrogen-bond acceptors (Lipinski definition) is 5. The smallest absolute Gasteiger partial charge is 0.245 e. The number of rotatable bonds is 5. The molecule has 0 aromatic carbocycles. The van der Waals surface area contributed by atoms with E-state index in [-0.39, 0.29) is 12.6 Å². The second kappa shape index (κ2) is 5.75. The van der Waals surface area contributed by atoms with Gasteiger partial charge in [0.15, 0.2) is 0 Å². The normalized spacial score (nSPS) is 12.6.